The normalized spacial score (nSPS) is 19.5. The highest BCUT2D eigenvalue weighted by Gasteiger charge is 2.20. The van der Waals surface area contributed by atoms with Gasteiger partial charge in [-0.25, -0.2) is 0 Å². The number of ether oxygens (including phenoxy) is 2. The summed E-state index contributed by atoms with van der Waals surface area (Å²) in [5.74, 6) is -0.000980. The first-order chi connectivity index (χ1) is 7.84. The lowest BCUT2D eigenvalue weighted by molar-refractivity contribution is -0.134. The van der Waals surface area contributed by atoms with Crippen LogP contribution in [0, 0.1) is 0 Å². The highest BCUT2D eigenvalue weighted by Crippen LogP contribution is 1.97. The molecule has 0 radical (unpaired) electrons. The molecule has 102 valence electrons. The minimum Gasteiger partial charge on any atom is -0.385 e. The van der Waals surface area contributed by atoms with Crippen LogP contribution >= 0.6 is 12.4 Å². The lowest BCUT2D eigenvalue weighted by Gasteiger charge is -2.22. The summed E-state index contributed by atoms with van der Waals surface area (Å²) in [6.45, 7) is 3.59. The second kappa shape index (κ2) is 10.8. The summed E-state index contributed by atoms with van der Waals surface area (Å²) in [6.07, 6.45) is 2.81. The maximum Gasteiger partial charge on any atom is 0.250 e. The first-order valence-corrected chi connectivity index (χ1v) is 5.93. The molecule has 0 aromatic heterocycles. The van der Waals surface area contributed by atoms with Gasteiger partial charge in [0.1, 0.15) is 6.10 Å². The van der Waals surface area contributed by atoms with Crippen LogP contribution in [0.4, 0.5) is 0 Å². The molecule has 0 saturated carbocycles. The molecule has 1 aliphatic heterocycles. The van der Waals surface area contributed by atoms with Crippen molar-refractivity contribution in [1.29, 1.82) is 0 Å². The number of carbonyl (C=O) groups is 1. The molecule has 0 aliphatic carbocycles. The fourth-order valence-corrected chi connectivity index (χ4v) is 1.61. The number of hydrogen-bond donors (Lipinski definition) is 2. The monoisotopic (exact) mass is 266 g/mol. The number of rotatable bonds is 7. The fourth-order valence-electron chi connectivity index (χ4n) is 1.61. The van der Waals surface area contributed by atoms with Crippen molar-refractivity contribution < 1.29 is 14.3 Å². The molecule has 0 aromatic carbocycles. The van der Waals surface area contributed by atoms with E-state index >= 15 is 0 Å². The predicted octanol–water partition coefficient (Wildman–Crippen LogP) is 0.330. The van der Waals surface area contributed by atoms with Crippen molar-refractivity contribution in [1.82, 2.24) is 10.6 Å². The Morgan fingerprint density at radius 3 is 2.94 bits per heavy atom. The van der Waals surface area contributed by atoms with Crippen LogP contribution < -0.4 is 10.6 Å². The van der Waals surface area contributed by atoms with E-state index in [1.165, 1.54) is 0 Å². The third-order valence-corrected chi connectivity index (χ3v) is 2.54. The number of carbonyl (C=O) groups excluding carboxylic acids is 1. The highest BCUT2D eigenvalue weighted by molar-refractivity contribution is 5.85. The molecule has 6 heteroatoms. The number of amides is 1. The molecule has 1 fully saturated rings. The van der Waals surface area contributed by atoms with Crippen molar-refractivity contribution in [3.63, 3.8) is 0 Å². The van der Waals surface area contributed by atoms with Crippen LogP contribution in [0.3, 0.4) is 0 Å². The summed E-state index contributed by atoms with van der Waals surface area (Å²) in [4.78, 5) is 11.6. The van der Waals surface area contributed by atoms with Crippen LogP contribution in [0.25, 0.3) is 0 Å². The van der Waals surface area contributed by atoms with E-state index in [1.807, 2.05) is 0 Å². The summed E-state index contributed by atoms with van der Waals surface area (Å²) in [5, 5.41) is 6.02. The van der Waals surface area contributed by atoms with Gasteiger partial charge < -0.3 is 20.1 Å². The fraction of sp³-hybridized carbons (Fsp3) is 0.909. The number of unbranched alkanes of at least 4 members (excludes halogenated alkanes) is 2. The molecule has 2 N–H and O–H groups in total. The van der Waals surface area contributed by atoms with Gasteiger partial charge in [-0.3, -0.25) is 4.79 Å². The summed E-state index contributed by atoms with van der Waals surface area (Å²) in [7, 11) is 1.70. The SMILES string of the molecule is COCCCCCNC(=O)C1CNCCO1.Cl. The van der Waals surface area contributed by atoms with E-state index in [-0.39, 0.29) is 24.4 Å². The van der Waals surface area contributed by atoms with Gasteiger partial charge in [-0.2, -0.15) is 0 Å². The van der Waals surface area contributed by atoms with Crippen molar-refractivity contribution >= 4 is 18.3 Å². The maximum absolute atomic E-state index is 11.6. The summed E-state index contributed by atoms with van der Waals surface area (Å²) in [6, 6.07) is 0. The summed E-state index contributed by atoms with van der Waals surface area (Å²) < 4.78 is 10.3. The summed E-state index contributed by atoms with van der Waals surface area (Å²) >= 11 is 0. The van der Waals surface area contributed by atoms with Crippen molar-refractivity contribution in [2.24, 2.45) is 0 Å². The van der Waals surface area contributed by atoms with E-state index in [1.54, 1.807) is 7.11 Å². The van der Waals surface area contributed by atoms with Gasteiger partial charge in [-0.15, -0.1) is 12.4 Å². The Morgan fingerprint density at radius 2 is 2.29 bits per heavy atom. The molecule has 17 heavy (non-hydrogen) atoms. The standard InChI is InChI=1S/C11H22N2O3.ClH/c1-15-7-4-2-3-5-13-11(14)10-9-12-6-8-16-10;/h10,12H,2-9H2,1H3,(H,13,14);1H. The van der Waals surface area contributed by atoms with Gasteiger partial charge in [0.05, 0.1) is 6.61 Å². The van der Waals surface area contributed by atoms with Crippen molar-refractivity contribution in [3.05, 3.63) is 0 Å². The van der Waals surface area contributed by atoms with E-state index in [4.69, 9.17) is 9.47 Å². The molecule has 0 spiro atoms. The van der Waals surface area contributed by atoms with E-state index in [2.05, 4.69) is 10.6 Å². The van der Waals surface area contributed by atoms with Gasteiger partial charge >= 0.3 is 0 Å². The van der Waals surface area contributed by atoms with Crippen LogP contribution in [0.1, 0.15) is 19.3 Å². The molecule has 5 nitrogen and oxygen atoms in total. The van der Waals surface area contributed by atoms with Crippen molar-refractivity contribution in [2.75, 3.05) is 40.0 Å². The van der Waals surface area contributed by atoms with Crippen LogP contribution in [-0.2, 0) is 14.3 Å². The number of methoxy groups -OCH3 is 1. The molecule has 1 amide bonds. The van der Waals surface area contributed by atoms with E-state index in [9.17, 15) is 4.79 Å². The molecule has 1 aliphatic rings. The Hall–Kier alpha value is -0.360. The summed E-state index contributed by atoms with van der Waals surface area (Å²) in [5.41, 5.74) is 0. The first kappa shape index (κ1) is 16.6. The first-order valence-electron chi connectivity index (χ1n) is 5.93. The number of halogens is 1. The van der Waals surface area contributed by atoms with Gasteiger partial charge in [0.25, 0.3) is 0 Å². The van der Waals surface area contributed by atoms with Crippen LogP contribution in [0.5, 0.6) is 0 Å². The van der Waals surface area contributed by atoms with Gasteiger partial charge in [-0.05, 0) is 19.3 Å². The molecule has 1 unspecified atom stereocenters. The smallest absolute Gasteiger partial charge is 0.250 e. The van der Waals surface area contributed by atoms with E-state index in [0.29, 0.717) is 13.2 Å². The Morgan fingerprint density at radius 1 is 1.47 bits per heavy atom. The second-order valence-corrected chi connectivity index (χ2v) is 3.91. The Kier molecular flexibility index (Phi) is 10.5. The minimum absolute atomic E-state index is 0. The van der Waals surface area contributed by atoms with Crippen LogP contribution in [-0.4, -0.2) is 52.0 Å². The minimum atomic E-state index is -0.312. The zero-order valence-electron chi connectivity index (χ0n) is 10.4. The molecule has 1 atom stereocenters. The van der Waals surface area contributed by atoms with Gasteiger partial charge in [0, 0.05) is 33.4 Å². The number of hydrogen-bond acceptors (Lipinski definition) is 4. The lowest BCUT2D eigenvalue weighted by Crippen LogP contribution is -2.48. The average Bonchev–Trinajstić information content (AvgIpc) is 2.34. The van der Waals surface area contributed by atoms with E-state index in [0.717, 1.165) is 39.0 Å². The van der Waals surface area contributed by atoms with Gasteiger partial charge in [-0.1, -0.05) is 0 Å². The molecular weight excluding hydrogens is 244 g/mol. The maximum atomic E-state index is 11.6. The zero-order valence-corrected chi connectivity index (χ0v) is 11.2. The largest absolute Gasteiger partial charge is 0.385 e. The van der Waals surface area contributed by atoms with Crippen molar-refractivity contribution in [2.45, 2.75) is 25.4 Å². The topological polar surface area (TPSA) is 59.6 Å². The third kappa shape index (κ3) is 7.54. The molecule has 1 heterocycles. The Bertz CT molecular complexity index is 199. The highest BCUT2D eigenvalue weighted by atomic mass is 35.5. The third-order valence-electron chi connectivity index (χ3n) is 2.54. The average molecular weight is 267 g/mol. The second-order valence-electron chi connectivity index (χ2n) is 3.91. The molecule has 0 bridgehead atoms. The molecular formula is C11H23ClN2O3. The molecule has 0 aromatic rings. The van der Waals surface area contributed by atoms with Crippen molar-refractivity contribution in [3.8, 4) is 0 Å². The quantitative estimate of drug-likeness (QED) is 0.652. The van der Waals surface area contributed by atoms with Crippen LogP contribution in [0.15, 0.2) is 0 Å². The Balaban J connectivity index is 0.00000256. The number of morpholine rings is 1. The van der Waals surface area contributed by atoms with Gasteiger partial charge in [0.2, 0.25) is 5.91 Å². The molecule has 1 saturated heterocycles. The predicted molar refractivity (Wildman–Crippen MR) is 68.6 cm³/mol. The number of nitrogens with one attached hydrogen (secondary N) is 2. The molecule has 1 rings (SSSR count). The van der Waals surface area contributed by atoms with Gasteiger partial charge in [0.15, 0.2) is 0 Å². The van der Waals surface area contributed by atoms with E-state index < -0.39 is 0 Å². The lowest BCUT2D eigenvalue weighted by atomic mass is 10.2. The Labute approximate surface area is 109 Å². The zero-order chi connectivity index (χ0) is 11.6. The van der Waals surface area contributed by atoms with Crippen LogP contribution in [0.2, 0.25) is 0 Å².